The van der Waals surface area contributed by atoms with Crippen molar-refractivity contribution in [3.8, 4) is 5.75 Å². The van der Waals surface area contributed by atoms with E-state index >= 15 is 0 Å². The molecule has 0 spiro atoms. The maximum atomic E-state index is 10.8. The van der Waals surface area contributed by atoms with Crippen LogP contribution in [0.1, 0.15) is 30.4 Å². The second-order valence-corrected chi connectivity index (χ2v) is 9.13. The molecule has 0 bridgehead atoms. The van der Waals surface area contributed by atoms with Gasteiger partial charge in [-0.05, 0) is 61.7 Å². The fourth-order valence-corrected chi connectivity index (χ4v) is 5.35. The molecular formula is C29H32N2O2. The summed E-state index contributed by atoms with van der Waals surface area (Å²) in [5.41, 5.74) is 3.85. The van der Waals surface area contributed by atoms with E-state index in [1.165, 1.54) is 11.1 Å². The van der Waals surface area contributed by atoms with Crippen LogP contribution in [0.25, 0.3) is 10.9 Å². The Morgan fingerprint density at radius 2 is 1.58 bits per heavy atom. The summed E-state index contributed by atoms with van der Waals surface area (Å²) >= 11 is 0. The van der Waals surface area contributed by atoms with Crippen LogP contribution in [-0.2, 0) is 5.41 Å². The van der Waals surface area contributed by atoms with Crippen molar-refractivity contribution >= 4 is 10.9 Å². The largest absolute Gasteiger partial charge is 0.490 e. The van der Waals surface area contributed by atoms with Crippen molar-refractivity contribution in [1.29, 1.82) is 0 Å². The number of rotatable bonds is 7. The summed E-state index contributed by atoms with van der Waals surface area (Å²) in [5.74, 6) is 0.816. The molecule has 3 aromatic carbocycles. The van der Waals surface area contributed by atoms with Crippen LogP contribution >= 0.6 is 0 Å². The molecule has 1 saturated heterocycles. The van der Waals surface area contributed by atoms with Crippen LogP contribution in [0, 0.1) is 0 Å². The van der Waals surface area contributed by atoms with Crippen LogP contribution in [0.5, 0.6) is 5.75 Å². The molecule has 2 heterocycles. The molecule has 4 nitrogen and oxygen atoms in total. The molecule has 1 aromatic heterocycles. The number of aliphatic hydroxyl groups is 1. The minimum Gasteiger partial charge on any atom is -0.490 e. The van der Waals surface area contributed by atoms with Crippen LogP contribution in [0.3, 0.4) is 0 Å². The van der Waals surface area contributed by atoms with Crippen LogP contribution < -0.4 is 4.74 Å². The third kappa shape index (κ3) is 4.68. The molecule has 170 valence electrons. The molecule has 1 fully saturated rings. The molecule has 0 amide bonds. The van der Waals surface area contributed by atoms with E-state index in [4.69, 9.17) is 4.74 Å². The minimum absolute atomic E-state index is 0.0165. The number of nitrogens with one attached hydrogen (secondary N) is 1. The first kappa shape index (κ1) is 21.7. The fourth-order valence-electron chi connectivity index (χ4n) is 5.35. The highest BCUT2D eigenvalue weighted by atomic mass is 16.5. The second-order valence-electron chi connectivity index (χ2n) is 9.13. The van der Waals surface area contributed by atoms with Crippen molar-refractivity contribution in [3.63, 3.8) is 0 Å². The highest BCUT2D eigenvalue weighted by Gasteiger charge is 2.36. The maximum absolute atomic E-state index is 10.8. The Balaban J connectivity index is 1.26. The smallest absolute Gasteiger partial charge is 0.128 e. The first-order chi connectivity index (χ1) is 16.2. The van der Waals surface area contributed by atoms with E-state index in [0.29, 0.717) is 13.2 Å². The maximum Gasteiger partial charge on any atom is 0.128 e. The van der Waals surface area contributed by atoms with Gasteiger partial charge in [-0.3, -0.25) is 0 Å². The SMILES string of the molecule is O[C@H](COc1cccc2[nH]ccc12)CN1CCCC(c2ccccc2)(c2ccccc2)CC1. The number of likely N-dealkylation sites (tertiary alicyclic amines) is 1. The Kier molecular flexibility index (Phi) is 6.47. The van der Waals surface area contributed by atoms with Gasteiger partial charge in [0.25, 0.3) is 0 Å². The number of H-pyrrole nitrogens is 1. The zero-order valence-corrected chi connectivity index (χ0v) is 19.0. The number of aromatic amines is 1. The molecule has 2 N–H and O–H groups in total. The van der Waals surface area contributed by atoms with Crippen molar-refractivity contribution in [2.45, 2.75) is 30.8 Å². The summed E-state index contributed by atoms with van der Waals surface area (Å²) in [6, 6.07) is 29.8. The second kappa shape index (κ2) is 9.82. The van der Waals surface area contributed by atoms with Crippen LogP contribution in [0.15, 0.2) is 91.1 Å². The number of aliphatic hydroxyl groups excluding tert-OH is 1. The van der Waals surface area contributed by atoms with Crippen LogP contribution in [-0.4, -0.2) is 47.3 Å². The van der Waals surface area contributed by atoms with Crippen molar-refractivity contribution < 1.29 is 9.84 Å². The minimum atomic E-state index is -0.528. The van der Waals surface area contributed by atoms with Crippen molar-refractivity contribution in [2.75, 3.05) is 26.2 Å². The highest BCUT2D eigenvalue weighted by molar-refractivity contribution is 5.85. The summed E-state index contributed by atoms with van der Waals surface area (Å²) in [7, 11) is 0. The van der Waals surface area contributed by atoms with Crippen molar-refractivity contribution in [3.05, 3.63) is 102 Å². The Labute approximate surface area is 195 Å². The van der Waals surface area contributed by atoms with Gasteiger partial charge in [-0.1, -0.05) is 66.7 Å². The number of hydrogen-bond donors (Lipinski definition) is 2. The highest BCUT2D eigenvalue weighted by Crippen LogP contribution is 2.41. The van der Waals surface area contributed by atoms with E-state index < -0.39 is 6.10 Å². The normalized spacial score (nSPS) is 17.5. The molecule has 0 aliphatic carbocycles. The monoisotopic (exact) mass is 440 g/mol. The number of nitrogens with zero attached hydrogens (tertiary/aromatic N) is 1. The Morgan fingerprint density at radius 1 is 0.848 bits per heavy atom. The summed E-state index contributed by atoms with van der Waals surface area (Å²) < 4.78 is 6.00. The van der Waals surface area contributed by atoms with E-state index in [1.54, 1.807) is 0 Å². The molecule has 33 heavy (non-hydrogen) atoms. The van der Waals surface area contributed by atoms with Gasteiger partial charge >= 0.3 is 0 Å². The third-order valence-electron chi connectivity index (χ3n) is 7.04. The quantitative estimate of drug-likeness (QED) is 0.406. The lowest BCUT2D eigenvalue weighted by Crippen LogP contribution is -2.37. The van der Waals surface area contributed by atoms with Gasteiger partial charge < -0.3 is 19.7 Å². The average molecular weight is 441 g/mol. The van der Waals surface area contributed by atoms with E-state index in [-0.39, 0.29) is 5.41 Å². The molecule has 0 saturated carbocycles. The van der Waals surface area contributed by atoms with Gasteiger partial charge in [-0.15, -0.1) is 0 Å². The number of ether oxygens (including phenoxy) is 1. The molecule has 4 aromatic rings. The third-order valence-corrected chi connectivity index (χ3v) is 7.04. The molecule has 5 rings (SSSR count). The van der Waals surface area contributed by atoms with Gasteiger partial charge in [0.05, 0.1) is 0 Å². The summed E-state index contributed by atoms with van der Waals surface area (Å²) in [6.45, 7) is 2.87. The van der Waals surface area contributed by atoms with Gasteiger partial charge in [0.15, 0.2) is 0 Å². The van der Waals surface area contributed by atoms with Gasteiger partial charge in [0.1, 0.15) is 18.5 Å². The van der Waals surface area contributed by atoms with Gasteiger partial charge in [0.2, 0.25) is 0 Å². The van der Waals surface area contributed by atoms with Gasteiger partial charge in [-0.25, -0.2) is 0 Å². The molecule has 1 atom stereocenters. The van der Waals surface area contributed by atoms with E-state index in [9.17, 15) is 5.11 Å². The first-order valence-electron chi connectivity index (χ1n) is 11.9. The van der Waals surface area contributed by atoms with Crippen molar-refractivity contribution in [2.24, 2.45) is 0 Å². The fraction of sp³-hybridized carbons (Fsp3) is 0.310. The standard InChI is InChI=1S/C29H32N2O2/c32-25(22-33-28-14-7-13-27-26(28)15-18-30-27)21-31-19-8-16-29(17-20-31,23-9-3-1-4-10-23)24-11-5-2-6-12-24/h1-7,9-15,18,25,30,32H,8,16-17,19-22H2/t25-/m0/s1. The number of benzene rings is 3. The molecule has 1 aliphatic rings. The molecule has 0 radical (unpaired) electrons. The van der Waals surface area contributed by atoms with E-state index in [1.807, 2.05) is 30.5 Å². The summed E-state index contributed by atoms with van der Waals surface area (Å²) in [6.07, 6.45) is 4.63. The topological polar surface area (TPSA) is 48.5 Å². The van der Waals surface area contributed by atoms with E-state index in [0.717, 1.165) is 49.0 Å². The Bertz CT molecular complexity index is 1120. The van der Waals surface area contributed by atoms with Crippen LogP contribution in [0.2, 0.25) is 0 Å². The Morgan fingerprint density at radius 3 is 2.30 bits per heavy atom. The number of fused-ring (bicyclic) bond motifs is 1. The lowest BCUT2D eigenvalue weighted by Gasteiger charge is -2.34. The lowest BCUT2D eigenvalue weighted by molar-refractivity contribution is 0.0695. The zero-order valence-electron chi connectivity index (χ0n) is 19.0. The molecule has 1 aliphatic heterocycles. The zero-order chi connectivity index (χ0) is 22.5. The number of hydrogen-bond acceptors (Lipinski definition) is 3. The number of β-amino-alcohol motifs (C(OH)–C–C–N with tert-alkyl or cyclic N) is 1. The van der Waals surface area contributed by atoms with E-state index in [2.05, 4.69) is 70.5 Å². The van der Waals surface area contributed by atoms with Gasteiger partial charge in [-0.2, -0.15) is 0 Å². The molecule has 4 heteroatoms. The molecular weight excluding hydrogens is 408 g/mol. The predicted molar refractivity (Wildman–Crippen MR) is 134 cm³/mol. The lowest BCUT2D eigenvalue weighted by atomic mass is 9.69. The van der Waals surface area contributed by atoms with Crippen LogP contribution in [0.4, 0.5) is 0 Å². The molecule has 0 unspecified atom stereocenters. The first-order valence-corrected chi connectivity index (χ1v) is 11.9. The summed E-state index contributed by atoms with van der Waals surface area (Å²) in [4.78, 5) is 5.61. The van der Waals surface area contributed by atoms with Gasteiger partial charge in [0, 0.05) is 29.1 Å². The number of aromatic nitrogens is 1. The predicted octanol–water partition coefficient (Wildman–Crippen LogP) is 5.38. The Hall–Kier alpha value is -3.08. The summed E-state index contributed by atoms with van der Waals surface area (Å²) in [5, 5.41) is 11.8. The van der Waals surface area contributed by atoms with Crippen molar-refractivity contribution in [1.82, 2.24) is 9.88 Å². The average Bonchev–Trinajstić information content (AvgIpc) is 3.25.